The number of aromatic nitrogens is 1. The number of unbranched alkanes of at least 4 members (excludes halogenated alkanes) is 2. The Morgan fingerprint density at radius 3 is 2.88 bits per heavy atom. The quantitative estimate of drug-likeness (QED) is 0.687. The molecule has 0 aliphatic rings. The third-order valence-corrected chi connectivity index (χ3v) is 2.34. The Labute approximate surface area is 98.2 Å². The predicted octanol–water partition coefficient (Wildman–Crippen LogP) is 2.76. The molecule has 3 nitrogen and oxygen atoms in total. The van der Waals surface area contributed by atoms with Crippen LogP contribution in [-0.4, -0.2) is 18.1 Å². The maximum absolute atomic E-state index is 5.59. The maximum atomic E-state index is 5.59. The van der Waals surface area contributed by atoms with Gasteiger partial charge in [-0.1, -0.05) is 32.8 Å². The topological polar surface area (TPSA) is 34.1 Å². The summed E-state index contributed by atoms with van der Waals surface area (Å²) in [6.07, 6.45) is 3.55. The average Bonchev–Trinajstić information content (AvgIpc) is 2.33. The normalized spacial score (nSPS) is 10.4. The standard InChI is InChI=1S/C13H22N2O/c1-3-5-6-10-16-13-9-7-8-12(15-13)11-14-4-2/h7-9,14H,3-6,10-11H2,1-2H3. The third kappa shape index (κ3) is 5.12. The predicted molar refractivity (Wildman–Crippen MR) is 66.6 cm³/mol. The highest BCUT2D eigenvalue weighted by Gasteiger charge is 1.98. The van der Waals surface area contributed by atoms with E-state index in [4.69, 9.17) is 4.74 Å². The van der Waals surface area contributed by atoms with Crippen molar-refractivity contribution in [1.29, 1.82) is 0 Å². The van der Waals surface area contributed by atoms with Gasteiger partial charge in [0, 0.05) is 12.6 Å². The van der Waals surface area contributed by atoms with Gasteiger partial charge >= 0.3 is 0 Å². The SMILES string of the molecule is CCCCCOc1cccc(CNCC)n1. The van der Waals surface area contributed by atoms with E-state index in [2.05, 4.69) is 24.1 Å². The van der Waals surface area contributed by atoms with Crippen molar-refractivity contribution in [2.45, 2.75) is 39.7 Å². The Morgan fingerprint density at radius 1 is 1.25 bits per heavy atom. The number of pyridine rings is 1. The summed E-state index contributed by atoms with van der Waals surface area (Å²) >= 11 is 0. The van der Waals surface area contributed by atoms with Gasteiger partial charge in [0.25, 0.3) is 0 Å². The summed E-state index contributed by atoms with van der Waals surface area (Å²) in [5.41, 5.74) is 1.04. The zero-order valence-electron chi connectivity index (χ0n) is 10.3. The molecule has 1 aromatic heterocycles. The molecule has 0 aliphatic carbocycles. The molecule has 1 N–H and O–H groups in total. The number of ether oxygens (including phenoxy) is 1. The van der Waals surface area contributed by atoms with Crippen LogP contribution in [0.1, 0.15) is 38.8 Å². The molecule has 1 rings (SSSR count). The van der Waals surface area contributed by atoms with Gasteiger partial charge < -0.3 is 10.1 Å². The van der Waals surface area contributed by atoms with Gasteiger partial charge in [-0.05, 0) is 19.0 Å². The first-order chi connectivity index (χ1) is 7.86. The van der Waals surface area contributed by atoms with Gasteiger partial charge in [0.1, 0.15) is 0 Å². The summed E-state index contributed by atoms with van der Waals surface area (Å²) in [4.78, 5) is 4.42. The summed E-state index contributed by atoms with van der Waals surface area (Å²) in [6, 6.07) is 5.93. The van der Waals surface area contributed by atoms with Crippen LogP contribution in [0, 0.1) is 0 Å². The number of nitrogens with zero attached hydrogens (tertiary/aromatic N) is 1. The van der Waals surface area contributed by atoms with Crippen LogP contribution in [0.3, 0.4) is 0 Å². The van der Waals surface area contributed by atoms with Gasteiger partial charge in [-0.2, -0.15) is 0 Å². The third-order valence-electron chi connectivity index (χ3n) is 2.34. The molecule has 0 fully saturated rings. The van der Waals surface area contributed by atoms with Crippen molar-refractivity contribution >= 4 is 0 Å². The van der Waals surface area contributed by atoms with Crippen LogP contribution in [0.25, 0.3) is 0 Å². The second-order valence-electron chi connectivity index (χ2n) is 3.80. The van der Waals surface area contributed by atoms with Crippen molar-refractivity contribution < 1.29 is 4.74 Å². The molecule has 0 saturated carbocycles. The van der Waals surface area contributed by atoms with Crippen LogP contribution >= 0.6 is 0 Å². The Kier molecular flexibility index (Phi) is 6.58. The molecule has 0 bridgehead atoms. The van der Waals surface area contributed by atoms with Crippen LogP contribution < -0.4 is 10.1 Å². The second-order valence-corrected chi connectivity index (χ2v) is 3.80. The molecule has 0 unspecified atom stereocenters. The molecular weight excluding hydrogens is 200 g/mol. The minimum atomic E-state index is 0.742. The summed E-state index contributed by atoms with van der Waals surface area (Å²) < 4.78 is 5.59. The van der Waals surface area contributed by atoms with Gasteiger partial charge in [-0.3, -0.25) is 0 Å². The Hall–Kier alpha value is -1.09. The number of nitrogens with one attached hydrogen (secondary N) is 1. The molecule has 0 aliphatic heterocycles. The molecule has 1 heterocycles. The molecule has 90 valence electrons. The van der Waals surface area contributed by atoms with Crippen molar-refractivity contribution in [3.05, 3.63) is 23.9 Å². The van der Waals surface area contributed by atoms with E-state index in [0.717, 1.165) is 37.7 Å². The van der Waals surface area contributed by atoms with Gasteiger partial charge in [0.2, 0.25) is 5.88 Å². The van der Waals surface area contributed by atoms with Crippen molar-refractivity contribution in [3.63, 3.8) is 0 Å². The van der Waals surface area contributed by atoms with E-state index >= 15 is 0 Å². The molecule has 0 amide bonds. The average molecular weight is 222 g/mol. The van der Waals surface area contributed by atoms with Gasteiger partial charge in [0.15, 0.2) is 0 Å². The monoisotopic (exact) mass is 222 g/mol. The fourth-order valence-corrected chi connectivity index (χ4v) is 1.42. The molecule has 0 radical (unpaired) electrons. The highest BCUT2D eigenvalue weighted by atomic mass is 16.5. The van der Waals surface area contributed by atoms with E-state index in [1.807, 2.05) is 18.2 Å². The largest absolute Gasteiger partial charge is 0.478 e. The van der Waals surface area contributed by atoms with E-state index in [-0.39, 0.29) is 0 Å². The van der Waals surface area contributed by atoms with E-state index in [1.54, 1.807) is 0 Å². The molecule has 0 aromatic carbocycles. The summed E-state index contributed by atoms with van der Waals surface area (Å²) in [7, 11) is 0. The Balaban J connectivity index is 2.35. The van der Waals surface area contributed by atoms with E-state index in [1.165, 1.54) is 12.8 Å². The lowest BCUT2D eigenvalue weighted by Crippen LogP contribution is -2.13. The minimum Gasteiger partial charge on any atom is -0.478 e. The molecule has 0 saturated heterocycles. The smallest absolute Gasteiger partial charge is 0.213 e. The van der Waals surface area contributed by atoms with E-state index < -0.39 is 0 Å². The Bertz CT molecular complexity index is 289. The minimum absolute atomic E-state index is 0.742. The Morgan fingerprint density at radius 2 is 2.12 bits per heavy atom. The van der Waals surface area contributed by atoms with Crippen LogP contribution in [0.5, 0.6) is 5.88 Å². The highest BCUT2D eigenvalue weighted by Crippen LogP contribution is 2.08. The number of hydrogen-bond acceptors (Lipinski definition) is 3. The number of hydrogen-bond donors (Lipinski definition) is 1. The van der Waals surface area contributed by atoms with Crippen molar-refractivity contribution in [1.82, 2.24) is 10.3 Å². The lowest BCUT2D eigenvalue weighted by Gasteiger charge is -2.06. The summed E-state index contributed by atoms with van der Waals surface area (Å²) in [6.45, 7) is 6.82. The first-order valence-corrected chi connectivity index (χ1v) is 6.16. The zero-order chi connectivity index (χ0) is 11.6. The van der Waals surface area contributed by atoms with Crippen LogP contribution in [0.2, 0.25) is 0 Å². The van der Waals surface area contributed by atoms with Crippen molar-refractivity contribution in [2.75, 3.05) is 13.2 Å². The second kappa shape index (κ2) is 8.11. The fourth-order valence-electron chi connectivity index (χ4n) is 1.42. The maximum Gasteiger partial charge on any atom is 0.213 e. The van der Waals surface area contributed by atoms with E-state index in [0.29, 0.717) is 0 Å². The molecule has 1 aromatic rings. The fraction of sp³-hybridized carbons (Fsp3) is 0.615. The van der Waals surface area contributed by atoms with Crippen LogP contribution in [0.15, 0.2) is 18.2 Å². The highest BCUT2D eigenvalue weighted by molar-refractivity contribution is 5.15. The molecule has 0 atom stereocenters. The van der Waals surface area contributed by atoms with Crippen molar-refractivity contribution in [3.8, 4) is 5.88 Å². The van der Waals surface area contributed by atoms with Crippen LogP contribution in [0.4, 0.5) is 0 Å². The molecule has 0 spiro atoms. The molecule has 3 heteroatoms. The molecular formula is C13H22N2O. The van der Waals surface area contributed by atoms with Crippen LogP contribution in [-0.2, 0) is 6.54 Å². The van der Waals surface area contributed by atoms with Crippen molar-refractivity contribution in [2.24, 2.45) is 0 Å². The number of rotatable bonds is 8. The summed E-state index contributed by atoms with van der Waals surface area (Å²) in [5, 5.41) is 3.25. The lowest BCUT2D eigenvalue weighted by molar-refractivity contribution is 0.294. The van der Waals surface area contributed by atoms with Gasteiger partial charge in [0.05, 0.1) is 12.3 Å². The first-order valence-electron chi connectivity index (χ1n) is 6.16. The molecule has 16 heavy (non-hydrogen) atoms. The summed E-state index contributed by atoms with van der Waals surface area (Å²) in [5.74, 6) is 0.742. The lowest BCUT2D eigenvalue weighted by atomic mass is 10.3. The van der Waals surface area contributed by atoms with Gasteiger partial charge in [-0.15, -0.1) is 0 Å². The first kappa shape index (κ1) is 13.0. The van der Waals surface area contributed by atoms with E-state index in [9.17, 15) is 0 Å². The zero-order valence-corrected chi connectivity index (χ0v) is 10.3. The van der Waals surface area contributed by atoms with Gasteiger partial charge in [-0.25, -0.2) is 4.98 Å².